The van der Waals surface area contributed by atoms with E-state index in [9.17, 15) is 18.0 Å². The number of methoxy groups -OCH3 is 1. The lowest BCUT2D eigenvalue weighted by Crippen LogP contribution is -2.48. The molecule has 1 fully saturated rings. The molecule has 1 aliphatic rings. The van der Waals surface area contributed by atoms with E-state index in [1.807, 2.05) is 6.92 Å². The topological polar surface area (TPSA) is 119 Å². The molecule has 0 aromatic heterocycles. The molecule has 0 saturated carbocycles. The molecule has 1 saturated heterocycles. The molecule has 1 unspecified atom stereocenters. The smallest absolute Gasteiger partial charge is 0.256 e. The van der Waals surface area contributed by atoms with Gasteiger partial charge in [0.15, 0.2) is 0 Å². The van der Waals surface area contributed by atoms with Crippen LogP contribution in [0.3, 0.4) is 0 Å². The minimum Gasteiger partial charge on any atom is -0.496 e. The van der Waals surface area contributed by atoms with E-state index in [1.165, 1.54) is 25.3 Å². The second-order valence-electron chi connectivity index (χ2n) is 5.50. The lowest BCUT2D eigenvalue weighted by molar-refractivity contribution is -0.130. The Bertz CT molecular complexity index is 747. The number of nitrogens with one attached hydrogen (secondary N) is 1. The standard InChI is InChI=1S/C15H21N3O5S/c1-3-13(18-8-4-5-14(18)19)17-15(20)11-9-10(24(16,21)22)6-7-12(11)23-2/h6-7,9,13H,3-5,8H2,1-2H3,(H,17,20)(H2,16,21,22). The summed E-state index contributed by atoms with van der Waals surface area (Å²) in [5.41, 5.74) is 0.0501. The molecule has 0 aliphatic carbocycles. The van der Waals surface area contributed by atoms with Gasteiger partial charge in [-0.2, -0.15) is 0 Å². The average Bonchev–Trinajstić information content (AvgIpc) is 2.96. The molecule has 1 aromatic rings. The van der Waals surface area contributed by atoms with Crippen molar-refractivity contribution in [3.05, 3.63) is 23.8 Å². The Morgan fingerprint density at radius 3 is 2.67 bits per heavy atom. The quantitative estimate of drug-likeness (QED) is 0.767. The Morgan fingerprint density at radius 1 is 1.46 bits per heavy atom. The third kappa shape index (κ3) is 3.85. The van der Waals surface area contributed by atoms with E-state index < -0.39 is 22.1 Å². The maximum absolute atomic E-state index is 12.6. The first-order valence-electron chi connectivity index (χ1n) is 7.59. The van der Waals surface area contributed by atoms with Crippen molar-refractivity contribution in [2.45, 2.75) is 37.2 Å². The molecule has 8 nitrogen and oxygen atoms in total. The normalized spacial score (nSPS) is 16.1. The molecule has 0 bridgehead atoms. The number of hydrogen-bond donors (Lipinski definition) is 2. The zero-order chi connectivity index (χ0) is 17.9. The molecular formula is C15H21N3O5S. The number of likely N-dealkylation sites (tertiary alicyclic amines) is 1. The molecule has 1 aromatic carbocycles. The zero-order valence-corrected chi connectivity index (χ0v) is 14.4. The fourth-order valence-corrected chi connectivity index (χ4v) is 3.21. The fourth-order valence-electron chi connectivity index (χ4n) is 2.67. The van der Waals surface area contributed by atoms with Gasteiger partial charge in [0, 0.05) is 13.0 Å². The Labute approximate surface area is 141 Å². The van der Waals surface area contributed by atoms with E-state index in [2.05, 4.69) is 5.32 Å². The number of hydrogen-bond acceptors (Lipinski definition) is 5. The summed E-state index contributed by atoms with van der Waals surface area (Å²) in [5, 5.41) is 7.87. The lowest BCUT2D eigenvalue weighted by atomic mass is 10.1. The highest BCUT2D eigenvalue weighted by molar-refractivity contribution is 7.89. The van der Waals surface area contributed by atoms with E-state index in [0.29, 0.717) is 19.4 Å². The molecule has 1 aliphatic heterocycles. The number of rotatable bonds is 6. The van der Waals surface area contributed by atoms with Gasteiger partial charge in [-0.1, -0.05) is 6.92 Å². The minimum atomic E-state index is -3.94. The highest BCUT2D eigenvalue weighted by Gasteiger charge is 2.29. The highest BCUT2D eigenvalue weighted by atomic mass is 32.2. The van der Waals surface area contributed by atoms with Crippen LogP contribution in [0, 0.1) is 0 Å². The molecule has 2 rings (SSSR count). The molecule has 9 heteroatoms. The highest BCUT2D eigenvalue weighted by Crippen LogP contribution is 2.23. The average molecular weight is 355 g/mol. The van der Waals surface area contributed by atoms with Gasteiger partial charge >= 0.3 is 0 Å². The summed E-state index contributed by atoms with van der Waals surface area (Å²) in [7, 11) is -2.56. The van der Waals surface area contributed by atoms with Crippen LogP contribution in [0.1, 0.15) is 36.5 Å². The number of amides is 2. The third-order valence-electron chi connectivity index (χ3n) is 3.91. The summed E-state index contributed by atoms with van der Waals surface area (Å²) in [6.07, 6.45) is 1.32. The van der Waals surface area contributed by atoms with Crippen LogP contribution in [-0.2, 0) is 14.8 Å². The summed E-state index contributed by atoms with van der Waals surface area (Å²) in [4.78, 5) is 25.9. The Kier molecular flexibility index (Phi) is 5.45. The largest absolute Gasteiger partial charge is 0.496 e. The maximum atomic E-state index is 12.6. The molecular weight excluding hydrogens is 334 g/mol. The number of primary sulfonamides is 1. The van der Waals surface area contributed by atoms with Crippen LogP contribution in [0.15, 0.2) is 23.1 Å². The number of benzene rings is 1. The van der Waals surface area contributed by atoms with Crippen molar-refractivity contribution in [1.82, 2.24) is 10.2 Å². The van der Waals surface area contributed by atoms with Gasteiger partial charge in [-0.15, -0.1) is 0 Å². The molecule has 1 atom stereocenters. The summed E-state index contributed by atoms with van der Waals surface area (Å²) in [6, 6.07) is 3.81. The number of ether oxygens (including phenoxy) is 1. The summed E-state index contributed by atoms with van der Waals surface area (Å²) in [5.74, 6) is -0.307. The Balaban J connectivity index is 2.29. The van der Waals surface area contributed by atoms with Crippen LogP contribution in [-0.4, -0.2) is 45.0 Å². The van der Waals surface area contributed by atoms with Crippen LogP contribution in [0.25, 0.3) is 0 Å². The number of nitrogens with two attached hydrogens (primary N) is 1. The second-order valence-corrected chi connectivity index (χ2v) is 7.06. The molecule has 1 heterocycles. The minimum absolute atomic E-state index is 0.00704. The van der Waals surface area contributed by atoms with Gasteiger partial charge in [0.1, 0.15) is 11.9 Å². The number of sulfonamides is 1. The van der Waals surface area contributed by atoms with Crippen molar-refractivity contribution in [2.75, 3.05) is 13.7 Å². The molecule has 0 radical (unpaired) electrons. The van der Waals surface area contributed by atoms with Gasteiger partial charge in [0.2, 0.25) is 15.9 Å². The van der Waals surface area contributed by atoms with Crippen molar-refractivity contribution >= 4 is 21.8 Å². The Morgan fingerprint density at radius 2 is 2.17 bits per heavy atom. The van der Waals surface area contributed by atoms with Gasteiger partial charge in [-0.05, 0) is 31.0 Å². The first kappa shape index (κ1) is 18.2. The number of carbonyl (C=O) groups excluding carboxylic acids is 2. The second kappa shape index (κ2) is 7.18. The predicted octanol–water partition coefficient (Wildman–Crippen LogP) is 0.431. The van der Waals surface area contributed by atoms with E-state index in [4.69, 9.17) is 9.88 Å². The first-order chi connectivity index (χ1) is 11.3. The van der Waals surface area contributed by atoms with Gasteiger partial charge in [-0.3, -0.25) is 9.59 Å². The molecule has 2 amide bonds. The summed E-state index contributed by atoms with van der Waals surface area (Å²) in [6.45, 7) is 2.44. The maximum Gasteiger partial charge on any atom is 0.256 e. The van der Waals surface area contributed by atoms with Gasteiger partial charge in [0.05, 0.1) is 17.6 Å². The number of nitrogens with zero attached hydrogens (tertiary/aromatic N) is 1. The van der Waals surface area contributed by atoms with Crippen LogP contribution in [0.2, 0.25) is 0 Å². The first-order valence-corrected chi connectivity index (χ1v) is 9.13. The van der Waals surface area contributed by atoms with E-state index in [1.54, 1.807) is 4.90 Å². The molecule has 24 heavy (non-hydrogen) atoms. The van der Waals surface area contributed by atoms with Gasteiger partial charge in [0.25, 0.3) is 5.91 Å². The van der Waals surface area contributed by atoms with Crippen molar-refractivity contribution in [3.8, 4) is 5.75 Å². The van der Waals surface area contributed by atoms with Gasteiger partial charge < -0.3 is 15.0 Å². The summed E-state index contributed by atoms with van der Waals surface area (Å²) < 4.78 is 28.1. The molecule has 132 valence electrons. The van der Waals surface area contributed by atoms with E-state index in [-0.39, 0.29) is 22.1 Å². The molecule has 0 spiro atoms. The number of carbonyl (C=O) groups is 2. The van der Waals surface area contributed by atoms with Crippen LogP contribution >= 0.6 is 0 Å². The third-order valence-corrected chi connectivity index (χ3v) is 4.83. The van der Waals surface area contributed by atoms with E-state index in [0.717, 1.165) is 6.42 Å². The van der Waals surface area contributed by atoms with Crippen molar-refractivity contribution in [2.24, 2.45) is 5.14 Å². The van der Waals surface area contributed by atoms with Crippen molar-refractivity contribution in [3.63, 3.8) is 0 Å². The van der Waals surface area contributed by atoms with Crippen LogP contribution < -0.4 is 15.2 Å². The lowest BCUT2D eigenvalue weighted by Gasteiger charge is -2.27. The van der Waals surface area contributed by atoms with E-state index >= 15 is 0 Å². The SMILES string of the molecule is CCC(NC(=O)c1cc(S(N)(=O)=O)ccc1OC)N1CCCC1=O. The zero-order valence-electron chi connectivity index (χ0n) is 13.6. The summed E-state index contributed by atoms with van der Waals surface area (Å²) >= 11 is 0. The monoisotopic (exact) mass is 355 g/mol. The van der Waals surface area contributed by atoms with Crippen molar-refractivity contribution in [1.29, 1.82) is 0 Å². The van der Waals surface area contributed by atoms with Crippen LogP contribution in [0.4, 0.5) is 0 Å². The van der Waals surface area contributed by atoms with Crippen LogP contribution in [0.5, 0.6) is 5.75 Å². The fraction of sp³-hybridized carbons (Fsp3) is 0.467. The predicted molar refractivity (Wildman–Crippen MR) is 86.9 cm³/mol. The van der Waals surface area contributed by atoms with Gasteiger partial charge in [-0.25, -0.2) is 13.6 Å². The Hall–Kier alpha value is -2.13. The van der Waals surface area contributed by atoms with Crippen molar-refractivity contribution < 1.29 is 22.7 Å². The molecule has 3 N–H and O–H groups in total.